The van der Waals surface area contributed by atoms with Crippen molar-refractivity contribution in [2.75, 3.05) is 13.2 Å². The molecular weight excluding hydrogens is 1420 g/mol. The Kier molecular flexibility index (Phi) is 27.4. The molecule has 576 valence electrons. The number of imidazole rings is 2. The fourth-order valence-corrected chi connectivity index (χ4v) is 17.4. The number of nitrogens with two attached hydrogens (primary N) is 7. The van der Waals surface area contributed by atoms with E-state index in [9.17, 15) is 62.8 Å². The van der Waals surface area contributed by atoms with Gasteiger partial charge >= 0.3 is 24.6 Å². The Morgan fingerprint density at radius 1 is 0.810 bits per heavy atom. The van der Waals surface area contributed by atoms with E-state index in [4.69, 9.17) is 74.2 Å². The topological polar surface area (TPSA) is 563 Å². The Morgan fingerprint density at radius 2 is 1.42 bits per heavy atom. The zero-order valence-electron chi connectivity index (χ0n) is 61.4. The molecule has 8 heterocycles. The molecule has 9 rings (SSSR count). The van der Waals surface area contributed by atoms with Crippen LogP contribution in [0.4, 0.5) is 0 Å². The average molecular weight is 1530 g/mol. The third kappa shape index (κ3) is 17.9. The van der Waals surface area contributed by atoms with Crippen molar-refractivity contribution < 1.29 is 93.4 Å². The first-order valence-corrected chi connectivity index (χ1v) is 35.7. The van der Waals surface area contributed by atoms with Crippen molar-refractivity contribution >= 4 is 89.7 Å². The molecule has 9 amide bonds. The Bertz CT molecular complexity index is 4100. The Hall–Kier alpha value is -8.34. The normalized spacial score (nSPS) is 30.8. The van der Waals surface area contributed by atoms with E-state index in [0.29, 0.717) is 69.2 Å². The van der Waals surface area contributed by atoms with Crippen LogP contribution in [0.1, 0.15) is 156 Å². The number of primary amides is 7. The van der Waals surface area contributed by atoms with Crippen LogP contribution in [0, 0.1) is 66.6 Å². The molecule has 33 nitrogen and oxygen atoms in total. The summed E-state index contributed by atoms with van der Waals surface area (Å²) in [5, 5.41) is 32.5. The number of ether oxygens (including phenoxy) is 1. The van der Waals surface area contributed by atoms with Crippen molar-refractivity contribution in [1.29, 1.82) is 0 Å². The number of aryl methyl sites for hydroxylation is 2. The fourth-order valence-electron chi connectivity index (χ4n) is 16.3. The van der Waals surface area contributed by atoms with Crippen molar-refractivity contribution in [2.45, 2.75) is 201 Å². The van der Waals surface area contributed by atoms with E-state index in [0.717, 1.165) is 16.8 Å². The molecule has 35 heteroatoms. The van der Waals surface area contributed by atoms with Crippen molar-refractivity contribution in [2.24, 2.45) is 100 Å². The van der Waals surface area contributed by atoms with Crippen LogP contribution in [0.25, 0.3) is 16.4 Å². The second kappa shape index (κ2) is 33.6. The van der Waals surface area contributed by atoms with Crippen LogP contribution in [0.15, 0.2) is 80.3 Å². The summed E-state index contributed by atoms with van der Waals surface area (Å²) in [4.78, 5) is 153. The maximum atomic E-state index is 14.4. The first-order valence-electron chi connectivity index (χ1n) is 34.2. The summed E-state index contributed by atoms with van der Waals surface area (Å²) in [7, 11) is -5.07. The van der Waals surface area contributed by atoms with Crippen LogP contribution < -0.4 is 50.8 Å². The number of hydrogen-bond acceptors (Lipinski definition) is 20. The fraction of sp³-hybridized carbons (Fsp3) is 0.586. The van der Waals surface area contributed by atoms with Gasteiger partial charge in [-0.05, 0) is 119 Å². The number of rotatable bonds is 31. The zero-order chi connectivity index (χ0) is 76.4. The van der Waals surface area contributed by atoms with Gasteiger partial charge in [-0.1, -0.05) is 40.7 Å². The number of nitrogens with zero attached hydrogens (tertiary/aromatic N) is 7. The maximum absolute atomic E-state index is 14.4. The SMILES string of the molecule is C/C1=C2/[N-]C([C@H](CC(N)=O)[C@@]2(C)CCC(=O)NC[C@@H](C)OP(=O)(O)O[C@H]2[C@@H](O)[C@@H](n3cnc4cc(C)c(C)cc43)O[C@@H]2CO)[C@]2(C)N=C(/C(C)=C3N=C(/C=C4N=C1[C@@H](CCC(N)=O)C\4(C)C)[C@@H](CCC(N)=O)[C@]\3(C)CC(N)=O)[C@@H](CCC(N)=O)[C@]2(C)CC(N)=O.NC(=O)[C@H](Cc1cnc[nH]1)NC=O.[CH3-].[Co+3]. The van der Waals surface area contributed by atoms with Gasteiger partial charge in [0, 0.05) is 127 Å². The van der Waals surface area contributed by atoms with Crippen LogP contribution in [0.5, 0.6) is 0 Å². The number of benzene rings is 1. The minimum Gasteiger partial charge on any atom is -0.682 e. The van der Waals surface area contributed by atoms with Crippen molar-refractivity contribution in [3.8, 4) is 0 Å². The standard InChI is InChI=1S/C62H90N13O14P.C7H10N4O2.CH3.Co/c1-29-20-39-40(21-30(29)2)75(28-70-39)57-52(84)53(41(27-76)87-57)89-90(85,86)88-31(3)26-69-49(83)18-19-59(8)37(22-46(66)80)56-62(11)61(10,25-48(68)82)36(14-17-45(65)79)51(74-62)33(5)55-60(9,24-47(67)81)34(12-15-43(63)77)38(71-55)23-42-58(6,7)35(13-16-44(64)78)50(72-42)32(4)54(59)73-56;8-7(13)6(11-4-12)1-5-2-9-3-10-5;;/h20-21,23,28,31,34-37,41,52-53,56-57,76,84H,12-19,22,24-27H2,1-11H3,(H15,63,64,65,66,67,68,69,71,72,73,74,77,78,79,80,81,82,83,85,86);2-4,6H,1H2,(H2,8,13)(H,9,10)(H,11,12);1H3;/q;;-1;+3/p-1/t31-,34-,35-,36-,37+,41-,52-,53-,56?,57+,59-,60+,61+,62+;6-;;/m10../s1. The van der Waals surface area contributed by atoms with Gasteiger partial charge in [0.05, 0.1) is 47.6 Å². The number of aliphatic hydroxyl groups excluding tert-OH is 2. The zero-order valence-corrected chi connectivity index (χ0v) is 63.3. The van der Waals surface area contributed by atoms with Gasteiger partial charge in [-0.2, -0.15) is 5.70 Å². The van der Waals surface area contributed by atoms with Gasteiger partial charge < -0.3 is 92.9 Å². The Labute approximate surface area is 620 Å². The van der Waals surface area contributed by atoms with Gasteiger partial charge in [0.2, 0.25) is 53.7 Å². The van der Waals surface area contributed by atoms with E-state index in [2.05, 4.69) is 25.6 Å². The molecule has 0 radical (unpaired) electrons. The largest absolute Gasteiger partial charge is 3.00 e. The number of fused-ring (bicyclic) bond motifs is 7. The maximum Gasteiger partial charge on any atom is 3.00 e. The summed E-state index contributed by atoms with van der Waals surface area (Å²) >= 11 is 0. The molecule has 6 aliphatic rings. The van der Waals surface area contributed by atoms with E-state index in [1.165, 1.54) is 19.6 Å². The van der Waals surface area contributed by atoms with Crippen LogP contribution in [-0.4, -0.2) is 161 Å². The molecule has 2 aromatic heterocycles. The first kappa shape index (κ1) is 85.6. The molecule has 1 aromatic carbocycles. The summed E-state index contributed by atoms with van der Waals surface area (Å²) in [6.07, 6.45) is -0.629. The summed E-state index contributed by atoms with van der Waals surface area (Å²) in [6, 6.07) is 2.00. The number of hydrogen-bond donors (Lipinski definition) is 13. The third-order valence-corrected chi connectivity index (χ3v) is 23.2. The summed E-state index contributed by atoms with van der Waals surface area (Å²) < 4.78 is 32.3. The molecule has 0 spiro atoms. The number of carbonyl (C=O) groups is 9. The molecule has 16 atom stereocenters. The predicted octanol–water partition coefficient (Wildman–Crippen LogP) is 2.95. The molecule has 2 fully saturated rings. The van der Waals surface area contributed by atoms with E-state index in [-0.39, 0.29) is 101 Å². The van der Waals surface area contributed by atoms with Gasteiger partial charge in [0.25, 0.3) is 0 Å². The van der Waals surface area contributed by atoms with Gasteiger partial charge in [-0.15, -0.1) is 0 Å². The minimum atomic E-state index is -5.07. The third-order valence-electron chi connectivity index (χ3n) is 22.1. The van der Waals surface area contributed by atoms with Crippen LogP contribution >= 0.6 is 7.82 Å². The van der Waals surface area contributed by atoms with Gasteiger partial charge in [-0.25, -0.2) is 14.5 Å². The number of phosphoric ester groups is 1. The Morgan fingerprint density at radius 3 is 1.98 bits per heavy atom. The average Bonchev–Trinajstić information content (AvgIpc) is 1.52. The van der Waals surface area contributed by atoms with E-state index < -0.39 is 155 Å². The van der Waals surface area contributed by atoms with Crippen LogP contribution in [-0.2, 0) is 84.7 Å². The predicted molar refractivity (Wildman–Crippen MR) is 385 cm³/mol. The number of H-pyrrole nitrogens is 1. The molecule has 105 heavy (non-hydrogen) atoms. The summed E-state index contributed by atoms with van der Waals surface area (Å²) in [6.45, 7) is 19.1. The summed E-state index contributed by atoms with van der Waals surface area (Å²) in [5.74, 6) is -7.91. The molecular formula is C70H102CoN17O16P+. The molecule has 2 unspecified atom stereocenters. The number of nitrogens with one attached hydrogen (secondary N) is 3. The molecule has 0 saturated carbocycles. The van der Waals surface area contributed by atoms with Gasteiger partial charge in [0.1, 0.15) is 24.4 Å². The number of aliphatic imine (C=N–C) groups is 3. The van der Waals surface area contributed by atoms with E-state index in [1.54, 1.807) is 17.7 Å². The number of aliphatic hydroxyl groups is 2. The molecule has 6 aliphatic heterocycles. The quantitative estimate of drug-likeness (QED) is 0.0250. The Balaban J connectivity index is 0.00000104. The van der Waals surface area contributed by atoms with E-state index in [1.807, 2.05) is 80.5 Å². The number of amides is 9. The minimum absolute atomic E-state index is 0. The van der Waals surface area contributed by atoms with Gasteiger partial charge in [-0.3, -0.25) is 67.2 Å². The first-order chi connectivity index (χ1) is 48.1. The van der Waals surface area contributed by atoms with Gasteiger partial charge in [0.15, 0.2) is 6.23 Å². The summed E-state index contributed by atoms with van der Waals surface area (Å²) in [5.41, 5.74) is 42.6. The molecule has 3 aromatic rings. The number of allylic oxidation sites excluding steroid dienone is 6. The number of aromatic nitrogens is 4. The molecule has 8 bridgehead atoms. The molecule has 0 aliphatic carbocycles. The number of aromatic amines is 1. The number of phosphoric acid groups is 1. The number of carbonyl (C=O) groups excluding carboxylic acids is 9. The smallest absolute Gasteiger partial charge is 0.682 e. The monoisotopic (exact) mass is 1530 g/mol. The molecule has 2 saturated heterocycles. The van der Waals surface area contributed by atoms with Crippen molar-refractivity contribution in [3.63, 3.8) is 0 Å². The van der Waals surface area contributed by atoms with Crippen LogP contribution in [0.2, 0.25) is 0 Å². The van der Waals surface area contributed by atoms with Crippen LogP contribution in [0.3, 0.4) is 0 Å². The van der Waals surface area contributed by atoms with E-state index >= 15 is 0 Å². The molecule has 20 N–H and O–H groups in total. The second-order valence-corrected chi connectivity index (χ2v) is 30.9. The van der Waals surface area contributed by atoms with Crippen molar-refractivity contribution in [1.82, 2.24) is 30.2 Å². The second-order valence-electron chi connectivity index (χ2n) is 29.5. The van der Waals surface area contributed by atoms with Crippen molar-refractivity contribution in [3.05, 3.63) is 94.9 Å².